The first-order chi connectivity index (χ1) is 9.78. The molecule has 0 saturated carbocycles. The largest absolute Gasteiger partial charge is 0.340 e. The second-order valence-electron chi connectivity index (χ2n) is 4.31. The van der Waals surface area contributed by atoms with Gasteiger partial charge in [-0.2, -0.15) is 5.26 Å². The molecule has 102 valence electrons. The van der Waals surface area contributed by atoms with Crippen molar-refractivity contribution in [2.45, 2.75) is 26.7 Å². The molecule has 0 amide bonds. The molecule has 5 heteroatoms. The highest BCUT2D eigenvalue weighted by molar-refractivity contribution is 5.66. The highest BCUT2D eigenvalue weighted by Crippen LogP contribution is 2.26. The first-order valence-corrected chi connectivity index (χ1v) is 6.63. The predicted molar refractivity (Wildman–Crippen MR) is 79.7 cm³/mol. The van der Waals surface area contributed by atoms with Gasteiger partial charge in [0, 0.05) is 11.8 Å². The molecule has 2 rings (SSSR count). The van der Waals surface area contributed by atoms with E-state index in [1.807, 2.05) is 6.19 Å². The van der Waals surface area contributed by atoms with Crippen molar-refractivity contribution >= 4 is 17.3 Å². The average molecular weight is 267 g/mol. The fourth-order valence-corrected chi connectivity index (χ4v) is 2.08. The number of nitriles is 1. The molecule has 1 aromatic carbocycles. The maximum atomic E-state index is 8.62. The highest BCUT2D eigenvalue weighted by Gasteiger charge is 2.07. The van der Waals surface area contributed by atoms with Crippen molar-refractivity contribution in [1.82, 2.24) is 9.97 Å². The molecule has 2 aromatic rings. The summed E-state index contributed by atoms with van der Waals surface area (Å²) in [6.07, 6.45) is 5.18. The Kier molecular flexibility index (Phi) is 4.51. The van der Waals surface area contributed by atoms with Crippen LogP contribution in [0.1, 0.15) is 25.0 Å². The minimum Gasteiger partial charge on any atom is -0.340 e. The zero-order valence-electron chi connectivity index (χ0n) is 11.6. The molecule has 0 radical (unpaired) electrons. The second kappa shape index (κ2) is 6.53. The van der Waals surface area contributed by atoms with Crippen molar-refractivity contribution < 1.29 is 0 Å². The minimum absolute atomic E-state index is 0.483. The number of aryl methyl sites for hydroxylation is 2. The van der Waals surface area contributed by atoms with E-state index in [1.54, 1.807) is 6.07 Å². The summed E-state index contributed by atoms with van der Waals surface area (Å²) in [5.41, 5.74) is 3.59. The van der Waals surface area contributed by atoms with Gasteiger partial charge in [0.2, 0.25) is 0 Å². The molecule has 1 heterocycles. The lowest BCUT2D eigenvalue weighted by atomic mass is 10.0. The fourth-order valence-electron chi connectivity index (χ4n) is 2.08. The van der Waals surface area contributed by atoms with Crippen LogP contribution in [0.2, 0.25) is 0 Å². The van der Waals surface area contributed by atoms with Gasteiger partial charge in [0.25, 0.3) is 0 Å². The normalized spacial score (nSPS) is 9.85. The number of benzene rings is 1. The van der Waals surface area contributed by atoms with Crippen LogP contribution in [0.3, 0.4) is 0 Å². The monoisotopic (exact) mass is 267 g/mol. The van der Waals surface area contributed by atoms with Crippen molar-refractivity contribution in [3.8, 4) is 6.19 Å². The molecule has 5 nitrogen and oxygen atoms in total. The van der Waals surface area contributed by atoms with E-state index in [0.717, 1.165) is 18.5 Å². The van der Waals surface area contributed by atoms with E-state index >= 15 is 0 Å². The third-order valence-electron chi connectivity index (χ3n) is 3.10. The van der Waals surface area contributed by atoms with Gasteiger partial charge in [-0.05, 0) is 24.0 Å². The van der Waals surface area contributed by atoms with E-state index < -0.39 is 0 Å². The molecular weight excluding hydrogens is 250 g/mol. The van der Waals surface area contributed by atoms with Crippen LogP contribution >= 0.6 is 0 Å². The SMILES string of the molecule is CCc1cccc(CC)c1Nc1cc(NC#N)ncn1. The molecule has 0 bridgehead atoms. The lowest BCUT2D eigenvalue weighted by molar-refractivity contribution is 1.08. The molecule has 20 heavy (non-hydrogen) atoms. The van der Waals surface area contributed by atoms with Gasteiger partial charge in [0.1, 0.15) is 18.0 Å². The van der Waals surface area contributed by atoms with Gasteiger partial charge in [0.15, 0.2) is 6.19 Å². The molecule has 0 saturated heterocycles. The maximum absolute atomic E-state index is 8.62. The van der Waals surface area contributed by atoms with Crippen LogP contribution in [0.15, 0.2) is 30.6 Å². The molecule has 0 aliphatic rings. The number of nitrogens with one attached hydrogen (secondary N) is 2. The first-order valence-electron chi connectivity index (χ1n) is 6.63. The predicted octanol–water partition coefficient (Wildman–Crippen LogP) is 3.24. The second-order valence-corrected chi connectivity index (χ2v) is 4.31. The number of para-hydroxylation sites is 1. The lowest BCUT2D eigenvalue weighted by Gasteiger charge is -2.14. The number of nitrogens with zero attached hydrogens (tertiary/aromatic N) is 3. The van der Waals surface area contributed by atoms with Crippen molar-refractivity contribution in [1.29, 1.82) is 5.26 Å². The van der Waals surface area contributed by atoms with Gasteiger partial charge >= 0.3 is 0 Å². The Labute approximate surface area is 118 Å². The summed E-state index contributed by atoms with van der Waals surface area (Å²) in [5.74, 6) is 1.16. The van der Waals surface area contributed by atoms with Crippen molar-refractivity contribution in [2.75, 3.05) is 10.6 Å². The topological polar surface area (TPSA) is 73.6 Å². The number of rotatable bonds is 5. The van der Waals surface area contributed by atoms with Crippen LogP contribution in [0, 0.1) is 11.5 Å². The third-order valence-corrected chi connectivity index (χ3v) is 3.10. The van der Waals surface area contributed by atoms with Crippen LogP contribution < -0.4 is 10.6 Å². The third kappa shape index (κ3) is 3.04. The standard InChI is InChI=1S/C15H17N5/c1-3-11-6-5-7-12(4-2)15(11)20-14-8-13(17-9-16)18-10-19-14/h5-8,10H,3-4H2,1-2H3,(H2,17,18,19,20). The van der Waals surface area contributed by atoms with Gasteiger partial charge in [0.05, 0.1) is 0 Å². The number of aromatic nitrogens is 2. The van der Waals surface area contributed by atoms with E-state index in [4.69, 9.17) is 5.26 Å². The summed E-state index contributed by atoms with van der Waals surface area (Å²) < 4.78 is 0. The van der Waals surface area contributed by atoms with E-state index in [9.17, 15) is 0 Å². The smallest absolute Gasteiger partial charge is 0.182 e. The van der Waals surface area contributed by atoms with Crippen LogP contribution in [0.25, 0.3) is 0 Å². The number of hydrogen-bond donors (Lipinski definition) is 2. The first kappa shape index (κ1) is 13.8. The average Bonchev–Trinajstić information content (AvgIpc) is 2.48. The Balaban J connectivity index is 2.34. The molecule has 0 fully saturated rings. The Morgan fingerprint density at radius 1 is 1.10 bits per heavy atom. The van der Waals surface area contributed by atoms with Crippen LogP contribution in [-0.2, 0) is 12.8 Å². The maximum Gasteiger partial charge on any atom is 0.182 e. The van der Waals surface area contributed by atoms with Crippen LogP contribution in [0.4, 0.5) is 17.3 Å². The minimum atomic E-state index is 0.483. The molecule has 0 aliphatic heterocycles. The van der Waals surface area contributed by atoms with Crippen LogP contribution in [-0.4, -0.2) is 9.97 Å². The molecule has 0 atom stereocenters. The van der Waals surface area contributed by atoms with Crippen molar-refractivity contribution in [2.24, 2.45) is 0 Å². The summed E-state index contributed by atoms with van der Waals surface area (Å²) in [7, 11) is 0. The summed E-state index contributed by atoms with van der Waals surface area (Å²) in [6, 6.07) is 8.01. The lowest BCUT2D eigenvalue weighted by Crippen LogP contribution is -2.02. The van der Waals surface area contributed by atoms with Gasteiger partial charge < -0.3 is 5.32 Å². The van der Waals surface area contributed by atoms with Gasteiger partial charge in [-0.15, -0.1) is 0 Å². The quantitative estimate of drug-likeness (QED) is 0.642. The van der Waals surface area contributed by atoms with Crippen molar-refractivity contribution in [3.05, 3.63) is 41.7 Å². The zero-order chi connectivity index (χ0) is 14.4. The molecule has 2 N–H and O–H groups in total. The van der Waals surface area contributed by atoms with E-state index in [-0.39, 0.29) is 0 Å². The Morgan fingerprint density at radius 3 is 2.35 bits per heavy atom. The summed E-state index contributed by atoms with van der Waals surface area (Å²) in [6.45, 7) is 4.26. The number of hydrogen-bond acceptors (Lipinski definition) is 5. The Morgan fingerprint density at radius 2 is 1.75 bits per heavy atom. The Hall–Kier alpha value is -2.61. The Bertz CT molecular complexity index is 608. The van der Waals surface area contributed by atoms with E-state index in [2.05, 4.69) is 52.6 Å². The van der Waals surface area contributed by atoms with Gasteiger partial charge in [-0.3, -0.25) is 5.32 Å². The number of anilines is 3. The molecule has 1 aromatic heterocycles. The molecule has 0 aliphatic carbocycles. The zero-order valence-corrected chi connectivity index (χ0v) is 11.6. The van der Waals surface area contributed by atoms with E-state index in [0.29, 0.717) is 11.6 Å². The molecule has 0 spiro atoms. The van der Waals surface area contributed by atoms with Gasteiger partial charge in [-0.25, -0.2) is 9.97 Å². The van der Waals surface area contributed by atoms with Crippen molar-refractivity contribution in [3.63, 3.8) is 0 Å². The van der Waals surface area contributed by atoms with Gasteiger partial charge in [-0.1, -0.05) is 32.0 Å². The molecular formula is C15H17N5. The highest BCUT2D eigenvalue weighted by atomic mass is 15.1. The van der Waals surface area contributed by atoms with Crippen LogP contribution in [0.5, 0.6) is 0 Å². The van der Waals surface area contributed by atoms with E-state index in [1.165, 1.54) is 17.5 Å². The summed E-state index contributed by atoms with van der Waals surface area (Å²) in [4.78, 5) is 8.17. The summed E-state index contributed by atoms with van der Waals surface area (Å²) >= 11 is 0. The fraction of sp³-hybridized carbons (Fsp3) is 0.267. The summed E-state index contributed by atoms with van der Waals surface area (Å²) in [5, 5.41) is 14.5. The molecule has 0 unspecified atom stereocenters.